The average Bonchev–Trinajstić information content (AvgIpc) is 3.02. The third kappa shape index (κ3) is 3.67. The van der Waals surface area contributed by atoms with Crippen molar-refractivity contribution >= 4 is 41.5 Å². The number of nitrogens with one attached hydrogen (secondary N) is 1. The predicted octanol–water partition coefficient (Wildman–Crippen LogP) is 2.73. The molecule has 2 heterocycles. The largest absolute Gasteiger partial charge is 0.280 e. The van der Waals surface area contributed by atoms with Gasteiger partial charge in [0.05, 0.1) is 28.9 Å². The van der Waals surface area contributed by atoms with Gasteiger partial charge in [-0.3, -0.25) is 9.40 Å². The number of rotatable bonds is 4. The molecule has 7 nitrogen and oxygen atoms in total. The Morgan fingerprint density at radius 3 is 2.54 bits per heavy atom. The van der Waals surface area contributed by atoms with E-state index in [1.165, 1.54) is 0 Å². The first kappa shape index (κ1) is 19.4. The Hall–Kier alpha value is -1.39. The number of hydrogen-bond donors (Lipinski definition) is 1. The van der Waals surface area contributed by atoms with Crippen molar-refractivity contribution in [1.29, 1.82) is 0 Å². The van der Waals surface area contributed by atoms with Gasteiger partial charge in [0, 0.05) is 10.2 Å². The van der Waals surface area contributed by atoms with Crippen LogP contribution >= 0.6 is 15.9 Å². The molecule has 142 valence electrons. The molecular weight excluding hydrogens is 442 g/mol. The SMILES string of the molecule is Cc1cc(NS(=O)(=O)c2c(C)nn(C3CCS(=O)(=O)C3)c2C)ccc1Br. The fourth-order valence-electron chi connectivity index (χ4n) is 3.27. The van der Waals surface area contributed by atoms with Crippen molar-refractivity contribution in [1.82, 2.24) is 9.78 Å². The monoisotopic (exact) mass is 461 g/mol. The molecule has 1 saturated heterocycles. The molecule has 26 heavy (non-hydrogen) atoms. The summed E-state index contributed by atoms with van der Waals surface area (Å²) in [5, 5.41) is 4.32. The predicted molar refractivity (Wildman–Crippen MR) is 104 cm³/mol. The van der Waals surface area contributed by atoms with E-state index >= 15 is 0 Å². The number of sulfone groups is 1. The number of aryl methyl sites for hydroxylation is 2. The molecule has 0 aliphatic carbocycles. The minimum Gasteiger partial charge on any atom is -0.280 e. The summed E-state index contributed by atoms with van der Waals surface area (Å²) in [7, 11) is -6.93. The Bertz CT molecular complexity index is 1080. The molecule has 0 spiro atoms. The molecule has 2 aromatic rings. The summed E-state index contributed by atoms with van der Waals surface area (Å²) in [6.45, 7) is 5.15. The van der Waals surface area contributed by atoms with Crippen LogP contribution in [0.3, 0.4) is 0 Å². The first-order chi connectivity index (χ1) is 12.0. The van der Waals surface area contributed by atoms with Crippen LogP contribution < -0.4 is 4.72 Å². The second kappa shape index (κ2) is 6.65. The lowest BCUT2D eigenvalue weighted by Crippen LogP contribution is -2.17. The summed E-state index contributed by atoms with van der Waals surface area (Å²) in [6.07, 6.45) is 0.448. The van der Waals surface area contributed by atoms with Gasteiger partial charge in [-0.05, 0) is 51.0 Å². The zero-order chi connectivity index (χ0) is 19.3. The highest BCUT2D eigenvalue weighted by atomic mass is 79.9. The Labute approximate surface area is 161 Å². The van der Waals surface area contributed by atoms with Gasteiger partial charge in [0.15, 0.2) is 9.84 Å². The van der Waals surface area contributed by atoms with Crippen LogP contribution in [-0.2, 0) is 19.9 Å². The molecule has 1 aromatic carbocycles. The molecule has 1 aliphatic rings. The summed E-state index contributed by atoms with van der Waals surface area (Å²) in [5.41, 5.74) is 2.17. The Balaban J connectivity index is 1.96. The highest BCUT2D eigenvalue weighted by molar-refractivity contribution is 9.10. The third-order valence-electron chi connectivity index (χ3n) is 4.49. The van der Waals surface area contributed by atoms with E-state index < -0.39 is 19.9 Å². The quantitative estimate of drug-likeness (QED) is 0.754. The lowest BCUT2D eigenvalue weighted by molar-refractivity contribution is 0.484. The maximum atomic E-state index is 12.9. The number of aromatic nitrogens is 2. The van der Waals surface area contributed by atoms with Crippen molar-refractivity contribution in [2.75, 3.05) is 16.2 Å². The van der Waals surface area contributed by atoms with Gasteiger partial charge in [0.2, 0.25) is 0 Å². The molecule has 1 N–H and O–H groups in total. The molecule has 1 fully saturated rings. The van der Waals surface area contributed by atoms with Crippen molar-refractivity contribution in [2.24, 2.45) is 0 Å². The number of sulfonamides is 1. The van der Waals surface area contributed by atoms with E-state index in [4.69, 9.17) is 0 Å². The van der Waals surface area contributed by atoms with E-state index in [1.54, 1.807) is 36.7 Å². The van der Waals surface area contributed by atoms with E-state index in [2.05, 4.69) is 25.8 Å². The molecular formula is C16H20BrN3O4S2. The zero-order valence-electron chi connectivity index (χ0n) is 14.7. The summed E-state index contributed by atoms with van der Waals surface area (Å²) in [5.74, 6) is 0.0995. The maximum absolute atomic E-state index is 12.9. The van der Waals surface area contributed by atoms with E-state index in [0.29, 0.717) is 23.5 Å². The van der Waals surface area contributed by atoms with Crippen molar-refractivity contribution < 1.29 is 16.8 Å². The first-order valence-electron chi connectivity index (χ1n) is 8.05. The van der Waals surface area contributed by atoms with Crippen LogP contribution in [0, 0.1) is 20.8 Å². The van der Waals surface area contributed by atoms with Gasteiger partial charge >= 0.3 is 0 Å². The van der Waals surface area contributed by atoms with Crippen molar-refractivity contribution in [3.63, 3.8) is 0 Å². The van der Waals surface area contributed by atoms with Gasteiger partial charge in [-0.2, -0.15) is 5.10 Å². The van der Waals surface area contributed by atoms with Crippen LogP contribution in [0.2, 0.25) is 0 Å². The number of nitrogens with zero attached hydrogens (tertiary/aromatic N) is 2. The number of anilines is 1. The van der Waals surface area contributed by atoms with Crippen LogP contribution in [0.1, 0.15) is 29.4 Å². The molecule has 0 bridgehead atoms. The zero-order valence-corrected chi connectivity index (χ0v) is 17.9. The Kier molecular flexibility index (Phi) is 4.95. The Morgan fingerprint density at radius 1 is 1.27 bits per heavy atom. The van der Waals surface area contributed by atoms with E-state index in [-0.39, 0.29) is 22.4 Å². The van der Waals surface area contributed by atoms with Crippen molar-refractivity contribution in [2.45, 2.75) is 38.1 Å². The minimum absolute atomic E-state index is 0.00617. The van der Waals surface area contributed by atoms with Crippen LogP contribution in [-0.4, -0.2) is 38.1 Å². The van der Waals surface area contributed by atoms with E-state index in [1.807, 2.05) is 6.92 Å². The van der Waals surface area contributed by atoms with E-state index in [9.17, 15) is 16.8 Å². The summed E-state index contributed by atoms with van der Waals surface area (Å²) in [4.78, 5) is 0.0994. The lowest BCUT2D eigenvalue weighted by Gasteiger charge is -2.12. The topological polar surface area (TPSA) is 98.1 Å². The maximum Gasteiger partial charge on any atom is 0.265 e. The van der Waals surface area contributed by atoms with Crippen LogP contribution in [0.4, 0.5) is 5.69 Å². The first-order valence-corrected chi connectivity index (χ1v) is 12.1. The fraction of sp³-hybridized carbons (Fsp3) is 0.438. The molecule has 0 radical (unpaired) electrons. The molecule has 3 rings (SSSR count). The normalized spacial score (nSPS) is 19.6. The van der Waals surface area contributed by atoms with Gasteiger partial charge in [-0.1, -0.05) is 15.9 Å². The number of hydrogen-bond acceptors (Lipinski definition) is 5. The fourth-order valence-corrected chi connectivity index (χ4v) is 6.67. The van der Waals surface area contributed by atoms with Crippen LogP contribution in [0.15, 0.2) is 27.6 Å². The van der Waals surface area contributed by atoms with Crippen molar-refractivity contribution in [3.05, 3.63) is 39.6 Å². The summed E-state index contributed by atoms with van der Waals surface area (Å²) >= 11 is 3.39. The van der Waals surface area contributed by atoms with Crippen molar-refractivity contribution in [3.8, 4) is 0 Å². The van der Waals surface area contributed by atoms with E-state index in [0.717, 1.165) is 10.0 Å². The molecule has 0 saturated carbocycles. The van der Waals surface area contributed by atoms with Gasteiger partial charge < -0.3 is 0 Å². The lowest BCUT2D eigenvalue weighted by atomic mass is 10.2. The molecule has 1 aliphatic heterocycles. The van der Waals surface area contributed by atoms with Gasteiger partial charge in [-0.25, -0.2) is 16.8 Å². The molecule has 1 aromatic heterocycles. The standard InChI is InChI=1S/C16H20BrN3O4S2/c1-10-8-13(4-5-15(10)17)19-26(23,24)16-11(2)18-20(12(16)3)14-6-7-25(21,22)9-14/h4-5,8,14,19H,6-7,9H2,1-3H3. The third-order valence-corrected chi connectivity index (χ3v) is 8.76. The smallest absolute Gasteiger partial charge is 0.265 e. The minimum atomic E-state index is -3.84. The highest BCUT2D eigenvalue weighted by Crippen LogP contribution is 2.30. The molecule has 10 heteroatoms. The van der Waals surface area contributed by atoms with Gasteiger partial charge in [-0.15, -0.1) is 0 Å². The van der Waals surface area contributed by atoms with Gasteiger partial charge in [0.25, 0.3) is 10.0 Å². The van der Waals surface area contributed by atoms with Gasteiger partial charge in [0.1, 0.15) is 4.90 Å². The molecule has 1 unspecified atom stereocenters. The molecule has 1 atom stereocenters. The Morgan fingerprint density at radius 2 is 1.96 bits per heavy atom. The number of benzene rings is 1. The number of halogens is 1. The second-order valence-corrected chi connectivity index (χ2v) is 11.3. The average molecular weight is 462 g/mol. The van der Waals surface area contributed by atoms with Crippen LogP contribution in [0.5, 0.6) is 0 Å². The second-order valence-electron chi connectivity index (χ2n) is 6.57. The highest BCUT2D eigenvalue weighted by Gasteiger charge is 2.33. The summed E-state index contributed by atoms with van der Waals surface area (Å²) < 4.78 is 54.3. The molecule has 0 amide bonds. The van der Waals surface area contributed by atoms with Crippen LogP contribution in [0.25, 0.3) is 0 Å². The summed E-state index contributed by atoms with van der Waals surface area (Å²) in [6, 6.07) is 4.87.